The Balaban J connectivity index is 1.55. The Kier molecular flexibility index (Phi) is 5.28. The summed E-state index contributed by atoms with van der Waals surface area (Å²) in [6, 6.07) is 10.1. The number of benzene rings is 1. The molecule has 23 heavy (non-hydrogen) atoms. The first kappa shape index (κ1) is 16.0. The van der Waals surface area contributed by atoms with Crippen LogP contribution in [0.1, 0.15) is 31.2 Å². The van der Waals surface area contributed by atoms with Crippen LogP contribution in [0.5, 0.6) is 0 Å². The van der Waals surface area contributed by atoms with Gasteiger partial charge in [0.05, 0.1) is 12.5 Å². The zero-order valence-electron chi connectivity index (χ0n) is 13.4. The normalized spacial score (nSPS) is 22.3. The molecule has 0 N–H and O–H groups in total. The van der Waals surface area contributed by atoms with Crippen LogP contribution >= 0.6 is 0 Å². The predicted molar refractivity (Wildman–Crippen MR) is 86.3 cm³/mol. The largest absolute Gasteiger partial charge is 0.342 e. The maximum absolute atomic E-state index is 12.5. The molecule has 2 amide bonds. The lowest BCUT2D eigenvalue weighted by atomic mass is 9.96. The number of carbonyl (C=O) groups excluding carboxylic acids is 2. The number of hydrogen-bond donors (Lipinski definition) is 0. The van der Waals surface area contributed by atoms with Crippen molar-refractivity contribution in [2.75, 3.05) is 26.2 Å². The van der Waals surface area contributed by atoms with Crippen LogP contribution in [0.4, 0.5) is 0 Å². The fourth-order valence-corrected chi connectivity index (χ4v) is 3.22. The van der Waals surface area contributed by atoms with E-state index in [1.165, 1.54) is 10.6 Å². The van der Waals surface area contributed by atoms with E-state index in [0.717, 1.165) is 19.3 Å². The molecule has 0 unspecified atom stereocenters. The average Bonchev–Trinajstić information content (AvgIpc) is 2.62. The van der Waals surface area contributed by atoms with Crippen LogP contribution < -0.4 is 0 Å². The van der Waals surface area contributed by atoms with Gasteiger partial charge in [0.1, 0.15) is 0 Å². The van der Waals surface area contributed by atoms with E-state index in [4.69, 9.17) is 4.84 Å². The maximum Gasteiger partial charge on any atom is 0.251 e. The van der Waals surface area contributed by atoms with Crippen molar-refractivity contribution in [3.05, 3.63) is 35.9 Å². The summed E-state index contributed by atoms with van der Waals surface area (Å²) in [7, 11) is 0. The SMILES string of the molecule is O=C1CC[C@@H](C(=O)N2CCCCO2)CN1CCc1ccccc1. The van der Waals surface area contributed by atoms with Gasteiger partial charge in [0, 0.05) is 26.1 Å². The Morgan fingerprint density at radius 1 is 1.22 bits per heavy atom. The van der Waals surface area contributed by atoms with Gasteiger partial charge < -0.3 is 4.90 Å². The molecule has 0 aromatic heterocycles. The Hall–Kier alpha value is -1.88. The minimum Gasteiger partial charge on any atom is -0.342 e. The van der Waals surface area contributed by atoms with Crippen molar-refractivity contribution in [1.29, 1.82) is 0 Å². The highest BCUT2D eigenvalue weighted by atomic mass is 16.7. The summed E-state index contributed by atoms with van der Waals surface area (Å²) in [6.07, 6.45) is 3.93. The van der Waals surface area contributed by atoms with Crippen molar-refractivity contribution in [2.24, 2.45) is 5.92 Å². The Morgan fingerprint density at radius 2 is 2.04 bits per heavy atom. The second-order valence-electron chi connectivity index (χ2n) is 6.29. The standard InChI is InChI=1S/C18H24N2O3/c21-17-9-8-16(18(22)20-11-4-5-13-23-20)14-19(17)12-10-15-6-2-1-3-7-15/h1-3,6-7,16H,4-5,8-14H2/t16-/m1/s1. The van der Waals surface area contributed by atoms with E-state index in [9.17, 15) is 9.59 Å². The summed E-state index contributed by atoms with van der Waals surface area (Å²) in [5.41, 5.74) is 1.22. The van der Waals surface area contributed by atoms with Crippen LogP contribution in [-0.4, -0.2) is 48.0 Å². The lowest BCUT2D eigenvalue weighted by molar-refractivity contribution is -0.202. The van der Waals surface area contributed by atoms with E-state index in [1.54, 1.807) is 0 Å². The Bertz CT molecular complexity index is 540. The van der Waals surface area contributed by atoms with Crippen LogP contribution in [0.3, 0.4) is 0 Å². The summed E-state index contributed by atoms with van der Waals surface area (Å²) in [5, 5.41) is 1.51. The molecule has 2 saturated heterocycles. The van der Waals surface area contributed by atoms with Crippen LogP contribution in [0.2, 0.25) is 0 Å². The fourth-order valence-electron chi connectivity index (χ4n) is 3.22. The number of piperidine rings is 1. The molecule has 1 aromatic carbocycles. The third-order valence-electron chi connectivity index (χ3n) is 4.61. The Morgan fingerprint density at radius 3 is 2.78 bits per heavy atom. The van der Waals surface area contributed by atoms with E-state index in [0.29, 0.717) is 39.1 Å². The van der Waals surface area contributed by atoms with Crippen molar-refractivity contribution < 1.29 is 14.4 Å². The van der Waals surface area contributed by atoms with Gasteiger partial charge in [-0.1, -0.05) is 30.3 Å². The van der Waals surface area contributed by atoms with Crippen LogP contribution in [0.15, 0.2) is 30.3 Å². The minimum absolute atomic E-state index is 0.0434. The molecular formula is C18H24N2O3. The average molecular weight is 316 g/mol. The van der Waals surface area contributed by atoms with E-state index in [2.05, 4.69) is 12.1 Å². The van der Waals surface area contributed by atoms with Crippen molar-refractivity contribution in [2.45, 2.75) is 32.1 Å². The monoisotopic (exact) mass is 316 g/mol. The fraction of sp³-hybridized carbons (Fsp3) is 0.556. The molecule has 2 aliphatic rings. The van der Waals surface area contributed by atoms with Gasteiger partial charge in [-0.15, -0.1) is 0 Å². The zero-order chi connectivity index (χ0) is 16.1. The zero-order valence-corrected chi connectivity index (χ0v) is 13.4. The van der Waals surface area contributed by atoms with Crippen molar-refractivity contribution in [3.63, 3.8) is 0 Å². The summed E-state index contributed by atoms with van der Waals surface area (Å²) in [6.45, 7) is 2.49. The molecule has 5 nitrogen and oxygen atoms in total. The molecule has 3 rings (SSSR count). The second kappa shape index (κ2) is 7.59. The molecule has 1 aromatic rings. The van der Waals surface area contributed by atoms with E-state index in [-0.39, 0.29) is 17.7 Å². The topological polar surface area (TPSA) is 49.9 Å². The van der Waals surface area contributed by atoms with Gasteiger partial charge in [-0.25, -0.2) is 5.06 Å². The van der Waals surface area contributed by atoms with Gasteiger partial charge in [0.2, 0.25) is 5.91 Å². The molecule has 2 fully saturated rings. The number of likely N-dealkylation sites (tertiary alicyclic amines) is 1. The van der Waals surface area contributed by atoms with Gasteiger partial charge >= 0.3 is 0 Å². The van der Waals surface area contributed by atoms with Gasteiger partial charge in [-0.3, -0.25) is 14.4 Å². The van der Waals surface area contributed by atoms with E-state index >= 15 is 0 Å². The van der Waals surface area contributed by atoms with Crippen LogP contribution in [0.25, 0.3) is 0 Å². The molecule has 0 aliphatic carbocycles. The molecule has 0 bridgehead atoms. The molecule has 2 heterocycles. The Labute approximate surface area is 137 Å². The summed E-state index contributed by atoms with van der Waals surface area (Å²) in [4.78, 5) is 32.0. The first-order valence-corrected chi connectivity index (χ1v) is 8.50. The van der Waals surface area contributed by atoms with Gasteiger partial charge in [-0.2, -0.15) is 0 Å². The number of nitrogens with zero attached hydrogens (tertiary/aromatic N) is 2. The van der Waals surface area contributed by atoms with E-state index < -0.39 is 0 Å². The highest BCUT2D eigenvalue weighted by molar-refractivity contribution is 5.83. The maximum atomic E-state index is 12.5. The molecule has 0 saturated carbocycles. The molecule has 2 aliphatic heterocycles. The third kappa shape index (κ3) is 4.10. The smallest absolute Gasteiger partial charge is 0.251 e. The number of carbonyl (C=O) groups is 2. The lowest BCUT2D eigenvalue weighted by Gasteiger charge is -2.35. The van der Waals surface area contributed by atoms with Crippen molar-refractivity contribution in [1.82, 2.24) is 9.96 Å². The first-order valence-electron chi connectivity index (χ1n) is 8.50. The highest BCUT2D eigenvalue weighted by Crippen LogP contribution is 2.22. The number of hydroxylamine groups is 2. The van der Waals surface area contributed by atoms with Gasteiger partial charge in [0.25, 0.3) is 5.91 Å². The summed E-state index contributed by atoms with van der Waals surface area (Å²) < 4.78 is 0. The molecule has 124 valence electrons. The lowest BCUT2D eigenvalue weighted by Crippen LogP contribution is -2.48. The number of rotatable bonds is 4. The molecule has 0 radical (unpaired) electrons. The molecule has 5 heteroatoms. The quantitative estimate of drug-likeness (QED) is 0.854. The minimum atomic E-state index is -0.124. The first-order chi connectivity index (χ1) is 11.2. The third-order valence-corrected chi connectivity index (χ3v) is 4.61. The number of hydrogen-bond acceptors (Lipinski definition) is 3. The van der Waals surface area contributed by atoms with Crippen molar-refractivity contribution in [3.8, 4) is 0 Å². The predicted octanol–water partition coefficient (Wildman–Crippen LogP) is 2.02. The molecule has 0 spiro atoms. The highest BCUT2D eigenvalue weighted by Gasteiger charge is 2.33. The van der Waals surface area contributed by atoms with Crippen LogP contribution in [-0.2, 0) is 20.8 Å². The van der Waals surface area contributed by atoms with Crippen molar-refractivity contribution >= 4 is 11.8 Å². The second-order valence-corrected chi connectivity index (χ2v) is 6.29. The van der Waals surface area contributed by atoms with Gasteiger partial charge in [-0.05, 0) is 31.2 Å². The molecular weight excluding hydrogens is 292 g/mol. The number of amides is 2. The summed E-state index contributed by atoms with van der Waals surface area (Å²) >= 11 is 0. The molecule has 1 atom stereocenters. The van der Waals surface area contributed by atoms with E-state index in [1.807, 2.05) is 23.1 Å². The van der Waals surface area contributed by atoms with Crippen LogP contribution in [0, 0.1) is 5.92 Å². The summed E-state index contributed by atoms with van der Waals surface area (Å²) in [5.74, 6) is 0.0769. The van der Waals surface area contributed by atoms with Gasteiger partial charge in [0.15, 0.2) is 0 Å².